The Morgan fingerprint density at radius 2 is 1.61 bits per heavy atom. The number of carbonyl (C=O) groups is 1. The van der Waals surface area contributed by atoms with Gasteiger partial charge in [-0.1, -0.05) is 54.1 Å². The third-order valence-corrected chi connectivity index (χ3v) is 5.71. The highest BCUT2D eigenvalue weighted by Gasteiger charge is 2.16. The van der Waals surface area contributed by atoms with Crippen molar-refractivity contribution < 1.29 is 4.79 Å². The number of amides is 1. The molecule has 3 aromatic carbocycles. The predicted octanol–water partition coefficient (Wildman–Crippen LogP) is 3.92. The van der Waals surface area contributed by atoms with Crippen molar-refractivity contribution in [3.05, 3.63) is 110 Å². The van der Waals surface area contributed by atoms with Crippen LogP contribution in [0.15, 0.2) is 82.4 Å². The van der Waals surface area contributed by atoms with Crippen LogP contribution in [0.3, 0.4) is 0 Å². The molecule has 1 heterocycles. The average Bonchev–Trinajstić information content (AvgIpc) is 2.78. The van der Waals surface area contributed by atoms with E-state index in [1.807, 2.05) is 32.0 Å². The molecular weight excluding hydrogens is 438 g/mol. The zero-order valence-electron chi connectivity index (χ0n) is 18.4. The van der Waals surface area contributed by atoms with Crippen LogP contribution in [0.25, 0.3) is 16.6 Å². The highest BCUT2D eigenvalue weighted by atomic mass is 35.5. The van der Waals surface area contributed by atoms with Crippen LogP contribution in [0.5, 0.6) is 0 Å². The maximum Gasteiger partial charge on any atom is 0.336 e. The second kappa shape index (κ2) is 9.46. The number of para-hydroxylation sites is 1. The van der Waals surface area contributed by atoms with Gasteiger partial charge in [0.2, 0.25) is 5.91 Å². The van der Waals surface area contributed by atoms with Crippen molar-refractivity contribution in [2.75, 3.05) is 0 Å². The number of hydrogen-bond acceptors (Lipinski definition) is 3. The smallest absolute Gasteiger partial charge is 0.336 e. The summed E-state index contributed by atoms with van der Waals surface area (Å²) < 4.78 is 2.72. The molecule has 1 N–H and O–H groups in total. The predicted molar refractivity (Wildman–Crippen MR) is 131 cm³/mol. The summed E-state index contributed by atoms with van der Waals surface area (Å²) >= 11 is 6.34. The molecule has 33 heavy (non-hydrogen) atoms. The summed E-state index contributed by atoms with van der Waals surface area (Å²) in [5.41, 5.74) is 1.72. The van der Waals surface area contributed by atoms with Crippen LogP contribution >= 0.6 is 11.6 Å². The third-order valence-electron chi connectivity index (χ3n) is 5.35. The molecule has 0 aliphatic heterocycles. The molecule has 1 amide bonds. The molecule has 0 aliphatic rings. The van der Waals surface area contributed by atoms with E-state index >= 15 is 0 Å². The quantitative estimate of drug-likeness (QED) is 0.473. The van der Waals surface area contributed by atoms with Crippen molar-refractivity contribution in [3.8, 4) is 5.69 Å². The Kier molecular flexibility index (Phi) is 6.47. The van der Waals surface area contributed by atoms with Crippen LogP contribution in [0.2, 0.25) is 5.02 Å². The Balaban J connectivity index is 1.80. The van der Waals surface area contributed by atoms with E-state index in [4.69, 9.17) is 11.6 Å². The summed E-state index contributed by atoms with van der Waals surface area (Å²) in [5.74, 6) is -0.0808. The first-order valence-corrected chi connectivity index (χ1v) is 11.1. The van der Waals surface area contributed by atoms with Crippen molar-refractivity contribution in [3.63, 3.8) is 0 Å². The van der Waals surface area contributed by atoms with Crippen LogP contribution in [-0.4, -0.2) is 21.1 Å². The van der Waals surface area contributed by atoms with Crippen molar-refractivity contribution in [1.29, 1.82) is 0 Å². The van der Waals surface area contributed by atoms with E-state index in [1.165, 1.54) is 0 Å². The Labute approximate surface area is 196 Å². The van der Waals surface area contributed by atoms with Gasteiger partial charge in [0, 0.05) is 11.1 Å². The molecule has 0 atom stereocenters. The SMILES string of the molecule is CC(C)NC(=O)Cc1ccc(-n2c(=O)c3ccccc3n(Cc3ccccc3Cl)c2=O)cc1. The van der Waals surface area contributed by atoms with E-state index in [1.54, 1.807) is 59.2 Å². The normalized spacial score (nSPS) is 11.2. The molecule has 0 bridgehead atoms. The van der Waals surface area contributed by atoms with Gasteiger partial charge in [-0.2, -0.15) is 0 Å². The number of hydrogen-bond donors (Lipinski definition) is 1. The fourth-order valence-corrected chi connectivity index (χ4v) is 4.02. The van der Waals surface area contributed by atoms with Crippen LogP contribution < -0.4 is 16.6 Å². The average molecular weight is 462 g/mol. The van der Waals surface area contributed by atoms with Crippen molar-refractivity contribution in [2.45, 2.75) is 32.9 Å². The fraction of sp³-hybridized carbons (Fsp3) is 0.192. The molecular formula is C26H24ClN3O3. The number of rotatable bonds is 6. The van der Waals surface area contributed by atoms with Gasteiger partial charge in [0.05, 0.1) is 29.6 Å². The summed E-state index contributed by atoms with van der Waals surface area (Å²) in [6, 6.07) is 21.3. The Morgan fingerprint density at radius 1 is 0.939 bits per heavy atom. The van der Waals surface area contributed by atoms with Gasteiger partial charge in [0.15, 0.2) is 0 Å². The number of carbonyl (C=O) groups excluding carboxylic acids is 1. The molecule has 0 aliphatic carbocycles. The Bertz CT molecular complexity index is 1440. The van der Waals surface area contributed by atoms with Gasteiger partial charge in [-0.15, -0.1) is 0 Å². The number of nitrogens with one attached hydrogen (secondary N) is 1. The second-order valence-corrected chi connectivity index (χ2v) is 8.59. The number of benzene rings is 3. The van der Waals surface area contributed by atoms with Gasteiger partial charge in [-0.05, 0) is 55.3 Å². The van der Waals surface area contributed by atoms with E-state index in [2.05, 4.69) is 5.32 Å². The van der Waals surface area contributed by atoms with E-state index in [0.29, 0.717) is 21.6 Å². The van der Waals surface area contributed by atoms with Crippen LogP contribution in [0, 0.1) is 0 Å². The minimum Gasteiger partial charge on any atom is -0.354 e. The first-order chi connectivity index (χ1) is 15.8. The minimum absolute atomic E-state index is 0.0598. The highest BCUT2D eigenvalue weighted by Crippen LogP contribution is 2.18. The topological polar surface area (TPSA) is 73.1 Å². The summed E-state index contributed by atoms with van der Waals surface area (Å²) in [7, 11) is 0. The zero-order chi connectivity index (χ0) is 23.5. The van der Waals surface area contributed by atoms with Crippen LogP contribution in [0.4, 0.5) is 0 Å². The lowest BCUT2D eigenvalue weighted by atomic mass is 10.1. The summed E-state index contributed by atoms with van der Waals surface area (Å²) in [4.78, 5) is 38.8. The number of halogens is 1. The molecule has 0 saturated carbocycles. The van der Waals surface area contributed by atoms with Crippen molar-refractivity contribution in [2.24, 2.45) is 0 Å². The summed E-state index contributed by atoms with van der Waals surface area (Å²) in [5, 5.41) is 3.84. The zero-order valence-corrected chi connectivity index (χ0v) is 19.2. The van der Waals surface area contributed by atoms with Crippen LogP contribution in [0.1, 0.15) is 25.0 Å². The van der Waals surface area contributed by atoms with E-state index in [-0.39, 0.29) is 24.9 Å². The first kappa shape index (κ1) is 22.6. The lowest BCUT2D eigenvalue weighted by molar-refractivity contribution is -0.120. The Hall–Kier alpha value is -3.64. The minimum atomic E-state index is -0.455. The van der Waals surface area contributed by atoms with Gasteiger partial charge in [-0.25, -0.2) is 9.36 Å². The highest BCUT2D eigenvalue weighted by molar-refractivity contribution is 6.31. The molecule has 6 nitrogen and oxygen atoms in total. The number of nitrogens with zero attached hydrogens (tertiary/aromatic N) is 2. The van der Waals surface area contributed by atoms with E-state index in [9.17, 15) is 14.4 Å². The third kappa shape index (κ3) is 4.76. The maximum atomic E-state index is 13.5. The van der Waals surface area contributed by atoms with Gasteiger partial charge in [0.25, 0.3) is 5.56 Å². The van der Waals surface area contributed by atoms with Gasteiger partial charge < -0.3 is 5.32 Å². The molecule has 1 aromatic heterocycles. The maximum absolute atomic E-state index is 13.5. The van der Waals surface area contributed by atoms with E-state index in [0.717, 1.165) is 15.7 Å². The standard InChI is InChI=1S/C26H24ClN3O3/c1-17(2)28-24(31)15-18-11-13-20(14-12-18)30-25(32)21-8-4-6-10-23(21)29(26(30)33)16-19-7-3-5-9-22(19)27/h3-14,17H,15-16H2,1-2H3,(H,28,31). The van der Waals surface area contributed by atoms with Crippen molar-refractivity contribution >= 4 is 28.4 Å². The largest absolute Gasteiger partial charge is 0.354 e. The second-order valence-electron chi connectivity index (χ2n) is 8.18. The summed E-state index contributed by atoms with van der Waals surface area (Å²) in [6.45, 7) is 4.04. The van der Waals surface area contributed by atoms with Crippen molar-refractivity contribution in [1.82, 2.24) is 14.5 Å². The van der Waals surface area contributed by atoms with Gasteiger partial charge in [-0.3, -0.25) is 14.2 Å². The molecule has 168 valence electrons. The van der Waals surface area contributed by atoms with Gasteiger partial charge in [0.1, 0.15) is 0 Å². The Morgan fingerprint density at radius 3 is 2.30 bits per heavy atom. The molecule has 7 heteroatoms. The molecule has 0 unspecified atom stereocenters. The molecule has 0 saturated heterocycles. The lowest BCUT2D eigenvalue weighted by Gasteiger charge is -2.15. The van der Waals surface area contributed by atoms with Crippen LogP contribution in [-0.2, 0) is 17.8 Å². The lowest BCUT2D eigenvalue weighted by Crippen LogP contribution is -2.39. The number of fused-ring (bicyclic) bond motifs is 1. The molecule has 4 rings (SSSR count). The monoisotopic (exact) mass is 461 g/mol. The number of aromatic nitrogens is 2. The molecule has 0 spiro atoms. The van der Waals surface area contributed by atoms with Gasteiger partial charge >= 0.3 is 5.69 Å². The molecule has 4 aromatic rings. The van der Waals surface area contributed by atoms with E-state index < -0.39 is 11.2 Å². The molecule has 0 radical (unpaired) electrons. The molecule has 0 fully saturated rings. The summed E-state index contributed by atoms with van der Waals surface area (Å²) in [6.07, 6.45) is 0.224. The fourth-order valence-electron chi connectivity index (χ4n) is 3.82. The first-order valence-electron chi connectivity index (χ1n) is 10.7.